The van der Waals surface area contributed by atoms with Crippen LogP contribution in [0.25, 0.3) is 0 Å². The van der Waals surface area contributed by atoms with E-state index in [1.165, 1.54) is 4.68 Å². The molecule has 1 heterocycles. The Labute approximate surface area is 64.8 Å². The van der Waals surface area contributed by atoms with Gasteiger partial charge in [0, 0.05) is 6.54 Å². The van der Waals surface area contributed by atoms with Crippen LogP contribution in [0, 0.1) is 0 Å². The van der Waals surface area contributed by atoms with Gasteiger partial charge in [-0.25, -0.2) is 4.68 Å². The van der Waals surface area contributed by atoms with Gasteiger partial charge >= 0.3 is 0 Å². The van der Waals surface area contributed by atoms with Gasteiger partial charge < -0.3 is 10.8 Å². The average molecular weight is 156 g/mol. The summed E-state index contributed by atoms with van der Waals surface area (Å²) in [6.07, 6.45) is 1.68. The molecule has 1 atom stereocenters. The van der Waals surface area contributed by atoms with Gasteiger partial charge in [-0.1, -0.05) is 12.1 Å². The second kappa shape index (κ2) is 3.45. The fourth-order valence-electron chi connectivity index (χ4n) is 0.740. The Morgan fingerprint density at radius 2 is 2.55 bits per heavy atom. The Kier molecular flexibility index (Phi) is 2.56. The first-order valence-corrected chi connectivity index (χ1v) is 3.56. The summed E-state index contributed by atoms with van der Waals surface area (Å²) in [5.41, 5.74) is 6.00. The fraction of sp³-hybridized carbons (Fsp3) is 0.667. The van der Waals surface area contributed by atoms with E-state index in [0.717, 1.165) is 0 Å². The maximum absolute atomic E-state index is 9.26. The first kappa shape index (κ1) is 8.16. The minimum absolute atomic E-state index is 0.358. The van der Waals surface area contributed by atoms with Crippen LogP contribution in [0.5, 0.6) is 0 Å². The number of aromatic nitrogens is 3. The second-order valence-corrected chi connectivity index (χ2v) is 2.28. The highest BCUT2D eigenvalue weighted by atomic mass is 16.3. The van der Waals surface area contributed by atoms with Gasteiger partial charge in [0.1, 0.15) is 6.23 Å². The summed E-state index contributed by atoms with van der Waals surface area (Å²) in [6, 6.07) is 0. The van der Waals surface area contributed by atoms with E-state index in [4.69, 9.17) is 5.73 Å². The molecule has 1 aromatic rings. The molecule has 3 N–H and O–H groups in total. The topological polar surface area (TPSA) is 77.0 Å². The van der Waals surface area contributed by atoms with Crippen molar-refractivity contribution < 1.29 is 5.11 Å². The van der Waals surface area contributed by atoms with Crippen molar-refractivity contribution >= 4 is 0 Å². The molecule has 0 saturated carbocycles. The van der Waals surface area contributed by atoms with Crippen LogP contribution in [0.2, 0.25) is 0 Å². The molecule has 0 aromatic carbocycles. The van der Waals surface area contributed by atoms with Crippen LogP contribution in [-0.2, 0) is 6.54 Å². The molecule has 5 heteroatoms. The lowest BCUT2D eigenvalue weighted by molar-refractivity contribution is 0.0847. The molecule has 0 spiro atoms. The van der Waals surface area contributed by atoms with Crippen LogP contribution in [0.4, 0.5) is 0 Å². The highest BCUT2D eigenvalue weighted by Gasteiger charge is 2.05. The lowest BCUT2D eigenvalue weighted by Gasteiger charge is -2.04. The molecular weight excluding hydrogens is 144 g/mol. The Hall–Kier alpha value is -0.940. The number of nitrogens with two attached hydrogens (primary N) is 1. The average Bonchev–Trinajstić information content (AvgIpc) is 2.50. The zero-order valence-electron chi connectivity index (χ0n) is 6.44. The Morgan fingerprint density at radius 3 is 3.00 bits per heavy atom. The van der Waals surface area contributed by atoms with E-state index in [0.29, 0.717) is 18.7 Å². The monoisotopic (exact) mass is 156 g/mol. The highest BCUT2D eigenvalue weighted by molar-refractivity contribution is 4.90. The van der Waals surface area contributed by atoms with E-state index >= 15 is 0 Å². The summed E-state index contributed by atoms with van der Waals surface area (Å²) in [6.45, 7) is 2.23. The van der Waals surface area contributed by atoms with Crippen molar-refractivity contribution in [2.75, 3.05) is 0 Å². The van der Waals surface area contributed by atoms with Crippen LogP contribution in [0.1, 0.15) is 25.3 Å². The number of hydrogen-bond acceptors (Lipinski definition) is 4. The lowest BCUT2D eigenvalue weighted by Crippen LogP contribution is -2.07. The third-order valence-corrected chi connectivity index (χ3v) is 1.44. The van der Waals surface area contributed by atoms with Crippen molar-refractivity contribution in [3.63, 3.8) is 0 Å². The predicted molar refractivity (Wildman–Crippen MR) is 39.5 cm³/mol. The van der Waals surface area contributed by atoms with Crippen LogP contribution in [0.15, 0.2) is 6.20 Å². The van der Waals surface area contributed by atoms with Crippen LogP contribution >= 0.6 is 0 Å². The molecule has 5 nitrogen and oxygen atoms in total. The van der Waals surface area contributed by atoms with Gasteiger partial charge in [-0.05, 0) is 6.42 Å². The fourth-order valence-corrected chi connectivity index (χ4v) is 0.740. The maximum atomic E-state index is 9.26. The number of nitrogens with zero attached hydrogens (tertiary/aromatic N) is 3. The van der Waals surface area contributed by atoms with Crippen molar-refractivity contribution in [2.24, 2.45) is 5.73 Å². The first-order valence-electron chi connectivity index (χ1n) is 3.56. The quantitative estimate of drug-likeness (QED) is 0.626. The van der Waals surface area contributed by atoms with Gasteiger partial charge in [-0.15, -0.1) is 5.10 Å². The molecule has 0 radical (unpaired) electrons. The van der Waals surface area contributed by atoms with E-state index in [9.17, 15) is 5.11 Å². The number of rotatable bonds is 3. The molecule has 1 rings (SSSR count). The number of aliphatic hydroxyl groups is 1. The molecule has 0 saturated heterocycles. The first-order chi connectivity index (χ1) is 5.27. The molecule has 1 aromatic heterocycles. The van der Waals surface area contributed by atoms with Crippen molar-refractivity contribution in [3.05, 3.63) is 11.9 Å². The van der Waals surface area contributed by atoms with E-state index in [-0.39, 0.29) is 0 Å². The van der Waals surface area contributed by atoms with E-state index in [1.54, 1.807) is 6.20 Å². The maximum Gasteiger partial charge on any atom is 0.148 e. The van der Waals surface area contributed by atoms with Gasteiger partial charge in [-0.2, -0.15) is 0 Å². The summed E-state index contributed by atoms with van der Waals surface area (Å²) < 4.78 is 1.40. The Morgan fingerprint density at radius 1 is 1.82 bits per heavy atom. The van der Waals surface area contributed by atoms with Crippen molar-refractivity contribution in [2.45, 2.75) is 26.1 Å². The van der Waals surface area contributed by atoms with Crippen LogP contribution < -0.4 is 5.73 Å². The van der Waals surface area contributed by atoms with Crippen LogP contribution in [0.3, 0.4) is 0 Å². The van der Waals surface area contributed by atoms with Gasteiger partial charge in [0.05, 0.1) is 11.9 Å². The summed E-state index contributed by atoms with van der Waals surface area (Å²) in [7, 11) is 0. The summed E-state index contributed by atoms with van der Waals surface area (Å²) in [5, 5.41) is 16.7. The molecule has 0 aliphatic rings. The largest absolute Gasteiger partial charge is 0.372 e. The standard InChI is InChI=1S/C6H12N4O/c1-2-6(11)10-4-5(3-7)8-9-10/h4,6,11H,2-3,7H2,1H3. The highest BCUT2D eigenvalue weighted by Crippen LogP contribution is 2.04. The molecule has 0 aliphatic carbocycles. The Balaban J connectivity index is 2.71. The molecule has 0 amide bonds. The minimum Gasteiger partial charge on any atom is -0.372 e. The van der Waals surface area contributed by atoms with E-state index in [1.807, 2.05) is 6.92 Å². The predicted octanol–water partition coefficient (Wildman–Crippen LogP) is -0.362. The van der Waals surface area contributed by atoms with Crippen molar-refractivity contribution in [3.8, 4) is 0 Å². The molecule has 0 aliphatic heterocycles. The van der Waals surface area contributed by atoms with E-state index in [2.05, 4.69) is 10.3 Å². The lowest BCUT2D eigenvalue weighted by atomic mass is 10.4. The van der Waals surface area contributed by atoms with Crippen molar-refractivity contribution in [1.29, 1.82) is 0 Å². The van der Waals surface area contributed by atoms with Gasteiger partial charge in [-0.3, -0.25) is 0 Å². The number of hydrogen-bond donors (Lipinski definition) is 2. The smallest absolute Gasteiger partial charge is 0.148 e. The van der Waals surface area contributed by atoms with Crippen LogP contribution in [-0.4, -0.2) is 20.1 Å². The number of aliphatic hydroxyl groups excluding tert-OH is 1. The van der Waals surface area contributed by atoms with E-state index < -0.39 is 6.23 Å². The minimum atomic E-state index is -0.581. The molecule has 1 unspecified atom stereocenters. The summed E-state index contributed by atoms with van der Waals surface area (Å²) in [5.74, 6) is 0. The van der Waals surface area contributed by atoms with Gasteiger partial charge in [0.15, 0.2) is 0 Å². The molecule has 62 valence electrons. The van der Waals surface area contributed by atoms with Gasteiger partial charge in [0.2, 0.25) is 0 Å². The molecule has 0 bridgehead atoms. The molecule has 11 heavy (non-hydrogen) atoms. The zero-order chi connectivity index (χ0) is 8.27. The SMILES string of the molecule is CCC(O)n1cc(CN)nn1. The normalized spacial score (nSPS) is 13.4. The zero-order valence-corrected chi connectivity index (χ0v) is 6.44. The van der Waals surface area contributed by atoms with Crippen molar-refractivity contribution in [1.82, 2.24) is 15.0 Å². The Bertz CT molecular complexity index is 222. The molecular formula is C6H12N4O. The van der Waals surface area contributed by atoms with Gasteiger partial charge in [0.25, 0.3) is 0 Å². The summed E-state index contributed by atoms with van der Waals surface area (Å²) in [4.78, 5) is 0. The molecule has 0 fully saturated rings. The summed E-state index contributed by atoms with van der Waals surface area (Å²) >= 11 is 0. The third kappa shape index (κ3) is 1.75. The third-order valence-electron chi connectivity index (χ3n) is 1.44. The second-order valence-electron chi connectivity index (χ2n) is 2.28.